The number of carbonyl (C=O) groups is 1. The highest BCUT2D eigenvalue weighted by molar-refractivity contribution is 6.13. The van der Waals surface area contributed by atoms with Gasteiger partial charge in [-0.25, -0.2) is 0 Å². The lowest BCUT2D eigenvalue weighted by Crippen LogP contribution is -2.11. The topological polar surface area (TPSA) is 17.1 Å². The van der Waals surface area contributed by atoms with Gasteiger partial charge < -0.3 is 0 Å². The van der Waals surface area contributed by atoms with Gasteiger partial charge in [0.05, 0.1) is 0 Å². The SMILES string of the molecule is O=C1CCCc2ccc3cc4ccccc4cc3c21. The zero-order chi connectivity index (χ0) is 12.8. The number of hydrogen-bond acceptors (Lipinski definition) is 1. The molecule has 0 radical (unpaired) electrons. The summed E-state index contributed by atoms with van der Waals surface area (Å²) in [5, 5.41) is 4.74. The van der Waals surface area contributed by atoms with Crippen LogP contribution >= 0.6 is 0 Å². The largest absolute Gasteiger partial charge is 0.294 e. The molecule has 0 aromatic heterocycles. The molecule has 3 aromatic carbocycles. The molecule has 92 valence electrons. The molecule has 19 heavy (non-hydrogen) atoms. The van der Waals surface area contributed by atoms with Gasteiger partial charge in [0.1, 0.15) is 0 Å². The standard InChI is InChI=1S/C18H14O/c19-17-7-3-6-12-8-9-15-10-13-4-1-2-5-14(13)11-16(15)18(12)17/h1-2,4-5,8-11H,3,6-7H2. The number of carbonyl (C=O) groups excluding carboxylic acids is 1. The normalized spacial score (nSPS) is 14.8. The Bertz CT molecular complexity index is 814. The number of rotatable bonds is 0. The van der Waals surface area contributed by atoms with Crippen molar-refractivity contribution in [2.24, 2.45) is 0 Å². The van der Waals surface area contributed by atoms with E-state index in [4.69, 9.17) is 0 Å². The molecule has 3 aromatic rings. The first kappa shape index (κ1) is 10.7. The molecule has 0 fully saturated rings. The molecule has 0 bridgehead atoms. The van der Waals surface area contributed by atoms with Crippen LogP contribution in [0.15, 0.2) is 48.5 Å². The molecule has 0 unspecified atom stereocenters. The quantitative estimate of drug-likeness (QED) is 0.533. The van der Waals surface area contributed by atoms with Crippen molar-refractivity contribution in [2.75, 3.05) is 0 Å². The summed E-state index contributed by atoms with van der Waals surface area (Å²) >= 11 is 0. The average molecular weight is 246 g/mol. The molecule has 0 heterocycles. The van der Waals surface area contributed by atoms with Crippen molar-refractivity contribution in [3.63, 3.8) is 0 Å². The average Bonchev–Trinajstić information content (AvgIpc) is 2.45. The molecule has 1 aliphatic carbocycles. The fraction of sp³-hybridized carbons (Fsp3) is 0.167. The van der Waals surface area contributed by atoms with E-state index in [0.29, 0.717) is 12.2 Å². The van der Waals surface area contributed by atoms with Crippen molar-refractivity contribution in [3.8, 4) is 0 Å². The Hall–Kier alpha value is -2.15. The second-order valence-corrected chi connectivity index (χ2v) is 5.30. The van der Waals surface area contributed by atoms with Crippen LogP contribution in [0.5, 0.6) is 0 Å². The number of hydrogen-bond donors (Lipinski definition) is 0. The molecule has 0 saturated heterocycles. The van der Waals surface area contributed by atoms with Gasteiger partial charge in [-0.05, 0) is 52.1 Å². The number of fused-ring (bicyclic) bond motifs is 4. The van der Waals surface area contributed by atoms with E-state index in [1.165, 1.54) is 21.7 Å². The summed E-state index contributed by atoms with van der Waals surface area (Å²) in [5.74, 6) is 0.308. The molecular weight excluding hydrogens is 232 g/mol. The summed E-state index contributed by atoms with van der Waals surface area (Å²) in [4.78, 5) is 12.2. The second kappa shape index (κ2) is 3.92. The molecule has 1 heteroatoms. The van der Waals surface area contributed by atoms with E-state index in [1.54, 1.807) is 0 Å². The predicted molar refractivity (Wildman–Crippen MR) is 78.7 cm³/mol. The first-order chi connectivity index (χ1) is 9.33. The molecule has 0 aliphatic heterocycles. The van der Waals surface area contributed by atoms with Gasteiger partial charge in [-0.3, -0.25) is 4.79 Å². The van der Waals surface area contributed by atoms with Crippen LogP contribution in [0.2, 0.25) is 0 Å². The van der Waals surface area contributed by atoms with Gasteiger partial charge in [0.2, 0.25) is 0 Å². The van der Waals surface area contributed by atoms with E-state index < -0.39 is 0 Å². The van der Waals surface area contributed by atoms with Crippen molar-refractivity contribution in [1.29, 1.82) is 0 Å². The fourth-order valence-electron chi connectivity index (χ4n) is 3.16. The molecule has 0 amide bonds. The zero-order valence-corrected chi connectivity index (χ0v) is 10.6. The number of benzene rings is 3. The van der Waals surface area contributed by atoms with E-state index >= 15 is 0 Å². The molecular formula is C18H14O. The van der Waals surface area contributed by atoms with Crippen molar-refractivity contribution < 1.29 is 4.79 Å². The van der Waals surface area contributed by atoms with Crippen LogP contribution in [0.3, 0.4) is 0 Å². The van der Waals surface area contributed by atoms with Crippen molar-refractivity contribution in [1.82, 2.24) is 0 Å². The molecule has 1 nitrogen and oxygen atoms in total. The zero-order valence-electron chi connectivity index (χ0n) is 10.6. The van der Waals surface area contributed by atoms with E-state index in [9.17, 15) is 4.79 Å². The molecule has 1 aliphatic rings. The van der Waals surface area contributed by atoms with E-state index in [-0.39, 0.29) is 0 Å². The number of ketones is 1. The third kappa shape index (κ3) is 1.58. The van der Waals surface area contributed by atoms with Crippen LogP contribution in [0.25, 0.3) is 21.5 Å². The monoisotopic (exact) mass is 246 g/mol. The maximum atomic E-state index is 12.2. The summed E-state index contributed by atoms with van der Waals surface area (Å²) in [6.45, 7) is 0. The van der Waals surface area contributed by atoms with E-state index in [2.05, 4.69) is 42.5 Å². The highest BCUT2D eigenvalue weighted by Crippen LogP contribution is 2.31. The summed E-state index contributed by atoms with van der Waals surface area (Å²) < 4.78 is 0. The minimum absolute atomic E-state index is 0.308. The molecule has 0 N–H and O–H groups in total. The van der Waals surface area contributed by atoms with Crippen LogP contribution < -0.4 is 0 Å². The van der Waals surface area contributed by atoms with E-state index in [1.807, 2.05) is 6.07 Å². The summed E-state index contributed by atoms with van der Waals surface area (Å²) in [6.07, 6.45) is 2.72. The molecule has 4 rings (SSSR count). The van der Waals surface area contributed by atoms with Gasteiger partial charge in [-0.1, -0.05) is 36.4 Å². The Kier molecular flexibility index (Phi) is 2.22. The van der Waals surface area contributed by atoms with Crippen LogP contribution in [-0.2, 0) is 6.42 Å². The predicted octanol–water partition coefficient (Wildman–Crippen LogP) is 4.51. The van der Waals surface area contributed by atoms with Crippen molar-refractivity contribution >= 4 is 27.3 Å². The maximum absolute atomic E-state index is 12.2. The summed E-state index contributed by atoms with van der Waals surface area (Å²) in [7, 11) is 0. The Morgan fingerprint density at radius 1 is 0.789 bits per heavy atom. The van der Waals surface area contributed by atoms with E-state index in [0.717, 1.165) is 23.8 Å². The molecule has 0 saturated carbocycles. The lowest BCUT2D eigenvalue weighted by Gasteiger charge is -2.17. The molecule has 0 spiro atoms. The third-order valence-electron chi connectivity index (χ3n) is 4.10. The van der Waals surface area contributed by atoms with Crippen LogP contribution in [0.1, 0.15) is 28.8 Å². The fourth-order valence-corrected chi connectivity index (χ4v) is 3.16. The molecule has 0 atom stereocenters. The Morgan fingerprint density at radius 3 is 2.42 bits per heavy atom. The van der Waals surface area contributed by atoms with Gasteiger partial charge in [0, 0.05) is 12.0 Å². The maximum Gasteiger partial charge on any atom is 0.163 e. The lowest BCUT2D eigenvalue weighted by atomic mass is 9.86. The van der Waals surface area contributed by atoms with Gasteiger partial charge in [-0.15, -0.1) is 0 Å². The highest BCUT2D eigenvalue weighted by Gasteiger charge is 2.19. The van der Waals surface area contributed by atoms with Crippen LogP contribution in [0.4, 0.5) is 0 Å². The van der Waals surface area contributed by atoms with Gasteiger partial charge in [-0.2, -0.15) is 0 Å². The third-order valence-corrected chi connectivity index (χ3v) is 4.10. The van der Waals surface area contributed by atoms with Gasteiger partial charge in [0.25, 0.3) is 0 Å². The van der Waals surface area contributed by atoms with Gasteiger partial charge in [0.15, 0.2) is 5.78 Å². The minimum atomic E-state index is 0.308. The Morgan fingerprint density at radius 2 is 1.58 bits per heavy atom. The first-order valence-electron chi connectivity index (χ1n) is 6.80. The summed E-state index contributed by atoms with van der Waals surface area (Å²) in [6, 6.07) is 17.0. The number of aryl methyl sites for hydroxylation is 1. The van der Waals surface area contributed by atoms with Crippen LogP contribution in [0, 0.1) is 0 Å². The highest BCUT2D eigenvalue weighted by atomic mass is 16.1. The van der Waals surface area contributed by atoms with Gasteiger partial charge >= 0.3 is 0 Å². The van der Waals surface area contributed by atoms with Crippen molar-refractivity contribution in [3.05, 3.63) is 59.7 Å². The van der Waals surface area contributed by atoms with Crippen molar-refractivity contribution in [2.45, 2.75) is 19.3 Å². The lowest BCUT2D eigenvalue weighted by molar-refractivity contribution is 0.0974. The minimum Gasteiger partial charge on any atom is -0.294 e. The number of Topliss-reactive ketones (excluding diaryl/α,β-unsaturated/α-hetero) is 1. The Labute approximate surface area is 111 Å². The Balaban J connectivity index is 2.15. The smallest absolute Gasteiger partial charge is 0.163 e. The summed E-state index contributed by atoms with van der Waals surface area (Å²) in [5.41, 5.74) is 2.19. The second-order valence-electron chi connectivity index (χ2n) is 5.30. The van der Waals surface area contributed by atoms with Crippen LogP contribution in [-0.4, -0.2) is 5.78 Å². The first-order valence-corrected chi connectivity index (χ1v) is 6.80.